The molecule has 0 amide bonds. The van der Waals surface area contributed by atoms with Crippen LogP contribution in [0.5, 0.6) is 0 Å². The van der Waals surface area contributed by atoms with Gasteiger partial charge < -0.3 is 15.1 Å². The summed E-state index contributed by atoms with van der Waals surface area (Å²) >= 11 is 0. The number of likely N-dealkylation sites (N-methyl/N-ethyl adjacent to an activating group) is 2. The van der Waals surface area contributed by atoms with E-state index in [1.54, 1.807) is 0 Å². The Kier molecular flexibility index (Phi) is 7.23. The molecule has 3 nitrogen and oxygen atoms in total. The van der Waals surface area contributed by atoms with Crippen LogP contribution >= 0.6 is 0 Å². The first-order valence-corrected chi connectivity index (χ1v) is 5.09. The highest BCUT2D eigenvalue weighted by Crippen LogP contribution is 1.83. The van der Waals surface area contributed by atoms with Crippen LogP contribution in [0.25, 0.3) is 0 Å². The summed E-state index contributed by atoms with van der Waals surface area (Å²) in [7, 11) is 6.39. The molecule has 0 aromatic heterocycles. The van der Waals surface area contributed by atoms with Crippen LogP contribution < -0.4 is 5.32 Å². The minimum absolute atomic E-state index is 0.599. The van der Waals surface area contributed by atoms with E-state index in [2.05, 4.69) is 50.1 Å². The van der Waals surface area contributed by atoms with Gasteiger partial charge in [-0.05, 0) is 21.1 Å². The van der Waals surface area contributed by atoms with Gasteiger partial charge in [0, 0.05) is 32.2 Å². The maximum atomic E-state index is 3.41. The SMILES string of the molecule is CC(C)NCCN(C)CCN(C)C. The zero-order valence-electron chi connectivity index (χ0n) is 9.80. The second-order valence-corrected chi connectivity index (χ2v) is 4.22. The summed E-state index contributed by atoms with van der Waals surface area (Å²) in [6, 6.07) is 0.599. The van der Waals surface area contributed by atoms with Crippen molar-refractivity contribution in [2.45, 2.75) is 19.9 Å². The van der Waals surface area contributed by atoms with Crippen molar-refractivity contribution >= 4 is 0 Å². The fourth-order valence-electron chi connectivity index (χ4n) is 1.03. The molecular formula is C10H25N3. The molecule has 0 unspecified atom stereocenters. The predicted molar refractivity (Wildman–Crippen MR) is 59.2 cm³/mol. The van der Waals surface area contributed by atoms with E-state index in [4.69, 9.17) is 0 Å². The maximum Gasteiger partial charge on any atom is 0.0107 e. The molecule has 0 rings (SSSR count). The third-order valence-electron chi connectivity index (χ3n) is 1.98. The van der Waals surface area contributed by atoms with Gasteiger partial charge in [0.1, 0.15) is 0 Å². The van der Waals surface area contributed by atoms with Crippen molar-refractivity contribution in [3.63, 3.8) is 0 Å². The first-order valence-electron chi connectivity index (χ1n) is 5.09. The molecule has 0 aliphatic carbocycles. The topological polar surface area (TPSA) is 18.5 Å². The second kappa shape index (κ2) is 7.30. The molecule has 1 N–H and O–H groups in total. The van der Waals surface area contributed by atoms with Crippen molar-refractivity contribution < 1.29 is 0 Å². The Hall–Kier alpha value is -0.120. The predicted octanol–water partition coefficient (Wildman–Crippen LogP) is 0.478. The third-order valence-corrected chi connectivity index (χ3v) is 1.98. The molecule has 0 aliphatic heterocycles. The minimum atomic E-state index is 0.599. The highest BCUT2D eigenvalue weighted by molar-refractivity contribution is 4.58. The zero-order valence-corrected chi connectivity index (χ0v) is 9.80. The van der Waals surface area contributed by atoms with Gasteiger partial charge in [0.05, 0.1) is 0 Å². The van der Waals surface area contributed by atoms with Gasteiger partial charge >= 0.3 is 0 Å². The van der Waals surface area contributed by atoms with E-state index in [1.807, 2.05) is 0 Å². The van der Waals surface area contributed by atoms with Crippen LogP contribution in [0.2, 0.25) is 0 Å². The summed E-state index contributed by atoms with van der Waals surface area (Å²) in [6.07, 6.45) is 0. The molecule has 0 aromatic carbocycles. The molecule has 0 bridgehead atoms. The Labute approximate surface area is 83.1 Å². The van der Waals surface area contributed by atoms with Crippen molar-refractivity contribution in [1.82, 2.24) is 15.1 Å². The zero-order chi connectivity index (χ0) is 10.3. The van der Waals surface area contributed by atoms with Gasteiger partial charge in [0.15, 0.2) is 0 Å². The standard InChI is InChI=1S/C10H25N3/c1-10(2)11-6-7-13(5)9-8-12(3)4/h10-11H,6-9H2,1-5H3. The van der Waals surface area contributed by atoms with E-state index in [-0.39, 0.29) is 0 Å². The van der Waals surface area contributed by atoms with Crippen molar-refractivity contribution in [3.05, 3.63) is 0 Å². The first kappa shape index (κ1) is 12.9. The monoisotopic (exact) mass is 187 g/mol. The average molecular weight is 187 g/mol. The number of rotatable bonds is 7. The van der Waals surface area contributed by atoms with Crippen LogP contribution in [0.1, 0.15) is 13.8 Å². The molecule has 0 fully saturated rings. The lowest BCUT2D eigenvalue weighted by atomic mass is 10.4. The van der Waals surface area contributed by atoms with E-state index in [0.29, 0.717) is 6.04 Å². The summed E-state index contributed by atoms with van der Waals surface area (Å²) in [5, 5.41) is 3.41. The number of hydrogen-bond acceptors (Lipinski definition) is 3. The van der Waals surface area contributed by atoms with E-state index < -0.39 is 0 Å². The molecular weight excluding hydrogens is 162 g/mol. The van der Waals surface area contributed by atoms with Crippen molar-refractivity contribution in [1.29, 1.82) is 0 Å². The highest BCUT2D eigenvalue weighted by atomic mass is 15.2. The normalized spacial score (nSPS) is 12.0. The van der Waals surface area contributed by atoms with Crippen molar-refractivity contribution in [2.24, 2.45) is 0 Å². The summed E-state index contributed by atoms with van der Waals surface area (Å²) in [6.45, 7) is 8.86. The number of nitrogens with zero attached hydrogens (tertiary/aromatic N) is 2. The molecule has 0 heterocycles. The molecule has 0 aliphatic rings. The third kappa shape index (κ3) is 9.80. The molecule has 0 saturated heterocycles. The first-order chi connectivity index (χ1) is 6.02. The average Bonchev–Trinajstić information content (AvgIpc) is 2.00. The lowest BCUT2D eigenvalue weighted by Crippen LogP contribution is -2.36. The Bertz CT molecular complexity index is 113. The van der Waals surface area contributed by atoms with Crippen LogP contribution in [0, 0.1) is 0 Å². The quantitative estimate of drug-likeness (QED) is 0.625. The fraction of sp³-hybridized carbons (Fsp3) is 1.00. The Morgan fingerprint density at radius 3 is 2.08 bits per heavy atom. The maximum absolute atomic E-state index is 3.41. The highest BCUT2D eigenvalue weighted by Gasteiger charge is 1.99. The van der Waals surface area contributed by atoms with Gasteiger partial charge in [-0.2, -0.15) is 0 Å². The smallest absolute Gasteiger partial charge is 0.0107 e. The van der Waals surface area contributed by atoms with Crippen LogP contribution in [0.3, 0.4) is 0 Å². The summed E-state index contributed by atoms with van der Waals surface area (Å²) in [5.74, 6) is 0. The van der Waals surface area contributed by atoms with Crippen LogP contribution in [-0.2, 0) is 0 Å². The molecule has 0 spiro atoms. The Morgan fingerprint density at radius 2 is 1.62 bits per heavy atom. The minimum Gasteiger partial charge on any atom is -0.313 e. The van der Waals surface area contributed by atoms with Crippen LogP contribution in [-0.4, -0.2) is 63.2 Å². The van der Waals surface area contributed by atoms with E-state index in [1.165, 1.54) is 0 Å². The molecule has 0 aromatic rings. The van der Waals surface area contributed by atoms with Gasteiger partial charge in [-0.25, -0.2) is 0 Å². The van der Waals surface area contributed by atoms with Gasteiger partial charge in [-0.3, -0.25) is 0 Å². The van der Waals surface area contributed by atoms with Gasteiger partial charge in [0.2, 0.25) is 0 Å². The molecule has 3 heteroatoms. The van der Waals surface area contributed by atoms with Crippen molar-refractivity contribution in [2.75, 3.05) is 47.3 Å². The molecule has 0 atom stereocenters. The Balaban J connectivity index is 3.25. The van der Waals surface area contributed by atoms with Gasteiger partial charge in [-0.15, -0.1) is 0 Å². The van der Waals surface area contributed by atoms with E-state index in [0.717, 1.165) is 26.2 Å². The number of hydrogen-bond donors (Lipinski definition) is 1. The lowest BCUT2D eigenvalue weighted by molar-refractivity contribution is 0.279. The summed E-state index contributed by atoms with van der Waals surface area (Å²) < 4.78 is 0. The van der Waals surface area contributed by atoms with E-state index >= 15 is 0 Å². The van der Waals surface area contributed by atoms with E-state index in [9.17, 15) is 0 Å². The van der Waals surface area contributed by atoms with Crippen LogP contribution in [0.15, 0.2) is 0 Å². The second-order valence-electron chi connectivity index (χ2n) is 4.22. The summed E-state index contributed by atoms with van der Waals surface area (Å²) in [5.41, 5.74) is 0. The summed E-state index contributed by atoms with van der Waals surface area (Å²) in [4.78, 5) is 4.57. The molecule has 0 radical (unpaired) electrons. The molecule has 0 saturated carbocycles. The van der Waals surface area contributed by atoms with Crippen LogP contribution in [0.4, 0.5) is 0 Å². The molecule has 80 valence electrons. The Morgan fingerprint density at radius 1 is 1.00 bits per heavy atom. The largest absolute Gasteiger partial charge is 0.313 e. The van der Waals surface area contributed by atoms with Crippen molar-refractivity contribution in [3.8, 4) is 0 Å². The molecule has 13 heavy (non-hydrogen) atoms. The lowest BCUT2D eigenvalue weighted by Gasteiger charge is -2.20. The fourth-order valence-corrected chi connectivity index (χ4v) is 1.03. The van der Waals surface area contributed by atoms with Gasteiger partial charge in [0.25, 0.3) is 0 Å². The van der Waals surface area contributed by atoms with Gasteiger partial charge in [-0.1, -0.05) is 13.8 Å². The number of nitrogens with one attached hydrogen (secondary N) is 1.